The highest BCUT2D eigenvalue weighted by atomic mass is 16.5. The quantitative estimate of drug-likeness (QED) is 0.621. The maximum absolute atomic E-state index is 12.5. The number of aryl methyl sites for hydroxylation is 2. The second kappa shape index (κ2) is 11.1. The first-order valence-corrected chi connectivity index (χ1v) is 10.2. The summed E-state index contributed by atoms with van der Waals surface area (Å²) >= 11 is 0. The second-order valence-corrected chi connectivity index (χ2v) is 7.57. The zero-order valence-corrected chi connectivity index (χ0v) is 18.0. The van der Waals surface area contributed by atoms with E-state index in [-0.39, 0.29) is 18.2 Å². The number of hydrogen-bond acceptors (Lipinski definition) is 4. The minimum Gasteiger partial charge on any atom is -0.454 e. The molecule has 0 unspecified atom stereocenters. The Morgan fingerprint density at radius 3 is 2.30 bits per heavy atom. The van der Waals surface area contributed by atoms with Gasteiger partial charge in [0.05, 0.1) is 6.42 Å². The lowest BCUT2D eigenvalue weighted by molar-refractivity contribution is -0.151. The Bertz CT molecular complexity index is 878. The number of anilines is 1. The molecule has 0 aliphatic heterocycles. The van der Waals surface area contributed by atoms with E-state index in [1.807, 2.05) is 76.2 Å². The molecule has 0 bridgehead atoms. The van der Waals surface area contributed by atoms with Gasteiger partial charge in [-0.15, -0.1) is 0 Å². The SMILES string of the molecule is CCc1cccc(C)c1NC(=O)COC(=O)[C@@H](NC(=O)Cc1ccccc1)C(C)C. The monoisotopic (exact) mass is 410 g/mol. The number of benzene rings is 2. The molecule has 2 aromatic rings. The molecule has 0 aliphatic carbocycles. The van der Waals surface area contributed by atoms with E-state index in [2.05, 4.69) is 10.6 Å². The van der Waals surface area contributed by atoms with Crippen LogP contribution in [0.15, 0.2) is 48.5 Å². The van der Waals surface area contributed by atoms with Gasteiger partial charge in [-0.1, -0.05) is 69.3 Å². The molecule has 0 heterocycles. The van der Waals surface area contributed by atoms with Crippen LogP contribution in [0.3, 0.4) is 0 Å². The van der Waals surface area contributed by atoms with Crippen molar-refractivity contribution in [2.24, 2.45) is 5.92 Å². The molecule has 6 heteroatoms. The predicted octanol–water partition coefficient (Wildman–Crippen LogP) is 3.42. The Hall–Kier alpha value is -3.15. The fourth-order valence-electron chi connectivity index (χ4n) is 3.11. The molecule has 0 radical (unpaired) electrons. The highest BCUT2D eigenvalue weighted by Gasteiger charge is 2.26. The molecule has 2 aromatic carbocycles. The van der Waals surface area contributed by atoms with E-state index in [1.54, 1.807) is 0 Å². The number of carbonyl (C=O) groups is 3. The van der Waals surface area contributed by atoms with Crippen molar-refractivity contribution in [3.8, 4) is 0 Å². The average molecular weight is 411 g/mol. The average Bonchev–Trinajstić information content (AvgIpc) is 2.72. The third-order valence-corrected chi connectivity index (χ3v) is 4.79. The van der Waals surface area contributed by atoms with E-state index in [9.17, 15) is 14.4 Å². The number of carbonyl (C=O) groups excluding carboxylic acids is 3. The first-order valence-electron chi connectivity index (χ1n) is 10.2. The van der Waals surface area contributed by atoms with E-state index < -0.39 is 24.5 Å². The van der Waals surface area contributed by atoms with Crippen molar-refractivity contribution in [1.29, 1.82) is 0 Å². The highest BCUT2D eigenvalue weighted by molar-refractivity contribution is 5.95. The number of ether oxygens (including phenoxy) is 1. The molecule has 0 aromatic heterocycles. The number of amides is 2. The zero-order valence-electron chi connectivity index (χ0n) is 18.0. The smallest absolute Gasteiger partial charge is 0.329 e. The molecule has 0 spiro atoms. The number of nitrogens with one attached hydrogen (secondary N) is 2. The summed E-state index contributed by atoms with van der Waals surface area (Å²) in [4.78, 5) is 37.1. The minimum atomic E-state index is -0.821. The number of hydrogen-bond donors (Lipinski definition) is 2. The summed E-state index contributed by atoms with van der Waals surface area (Å²) in [5.74, 6) is -1.48. The molecule has 0 aliphatic rings. The van der Waals surface area contributed by atoms with Gasteiger partial charge in [-0.2, -0.15) is 0 Å². The second-order valence-electron chi connectivity index (χ2n) is 7.57. The predicted molar refractivity (Wildman–Crippen MR) is 117 cm³/mol. The fraction of sp³-hybridized carbons (Fsp3) is 0.375. The van der Waals surface area contributed by atoms with E-state index in [0.29, 0.717) is 0 Å². The molecule has 0 fully saturated rings. The largest absolute Gasteiger partial charge is 0.454 e. The lowest BCUT2D eigenvalue weighted by Gasteiger charge is -2.21. The molecule has 30 heavy (non-hydrogen) atoms. The van der Waals surface area contributed by atoms with Crippen LogP contribution in [0.25, 0.3) is 0 Å². The van der Waals surface area contributed by atoms with Crippen molar-refractivity contribution in [2.45, 2.75) is 46.6 Å². The first kappa shape index (κ1) is 23.1. The van der Waals surface area contributed by atoms with Gasteiger partial charge in [-0.25, -0.2) is 4.79 Å². The lowest BCUT2D eigenvalue weighted by atomic mass is 10.0. The van der Waals surface area contributed by atoms with Crippen LogP contribution >= 0.6 is 0 Å². The molecule has 160 valence electrons. The molecule has 2 amide bonds. The Morgan fingerprint density at radius 1 is 0.967 bits per heavy atom. The summed E-state index contributed by atoms with van der Waals surface area (Å²) < 4.78 is 5.20. The van der Waals surface area contributed by atoms with Gasteiger partial charge >= 0.3 is 5.97 Å². The van der Waals surface area contributed by atoms with E-state index in [0.717, 1.165) is 28.8 Å². The van der Waals surface area contributed by atoms with Crippen molar-refractivity contribution in [3.05, 3.63) is 65.2 Å². The normalized spacial score (nSPS) is 11.6. The topological polar surface area (TPSA) is 84.5 Å². The number of esters is 1. The molecule has 2 N–H and O–H groups in total. The molecular formula is C24H30N2O4. The standard InChI is InChI=1S/C24H30N2O4/c1-5-19-13-9-10-17(4)23(19)26-21(28)15-30-24(29)22(16(2)3)25-20(27)14-18-11-7-6-8-12-18/h6-13,16,22H,5,14-15H2,1-4H3,(H,25,27)(H,26,28)/t22-/m0/s1. The summed E-state index contributed by atoms with van der Waals surface area (Å²) in [6, 6.07) is 14.3. The first-order chi connectivity index (χ1) is 14.3. The van der Waals surface area contributed by atoms with Crippen LogP contribution in [0, 0.1) is 12.8 Å². The van der Waals surface area contributed by atoms with Crippen molar-refractivity contribution < 1.29 is 19.1 Å². The van der Waals surface area contributed by atoms with Crippen LogP contribution in [0.4, 0.5) is 5.69 Å². The van der Waals surface area contributed by atoms with Crippen LogP contribution in [-0.2, 0) is 32.0 Å². The Kier molecular flexibility index (Phi) is 8.59. The summed E-state index contributed by atoms with van der Waals surface area (Å²) in [7, 11) is 0. The van der Waals surface area contributed by atoms with Crippen LogP contribution in [-0.4, -0.2) is 30.4 Å². The Balaban J connectivity index is 1.92. The van der Waals surface area contributed by atoms with Crippen molar-refractivity contribution in [2.75, 3.05) is 11.9 Å². The van der Waals surface area contributed by atoms with Crippen molar-refractivity contribution in [1.82, 2.24) is 5.32 Å². The third-order valence-electron chi connectivity index (χ3n) is 4.79. The van der Waals surface area contributed by atoms with Gasteiger partial charge in [-0.05, 0) is 36.0 Å². The van der Waals surface area contributed by atoms with E-state index in [1.165, 1.54) is 0 Å². The van der Waals surface area contributed by atoms with Gasteiger partial charge in [0.1, 0.15) is 6.04 Å². The van der Waals surface area contributed by atoms with E-state index in [4.69, 9.17) is 4.74 Å². The minimum absolute atomic E-state index is 0.172. The Labute approximate surface area is 178 Å². The lowest BCUT2D eigenvalue weighted by Crippen LogP contribution is -2.46. The van der Waals surface area contributed by atoms with Crippen LogP contribution in [0.5, 0.6) is 0 Å². The summed E-state index contributed by atoms with van der Waals surface area (Å²) in [6.45, 7) is 7.15. The number of rotatable bonds is 9. The maximum Gasteiger partial charge on any atom is 0.329 e. The van der Waals surface area contributed by atoms with Gasteiger partial charge in [0.25, 0.3) is 5.91 Å². The van der Waals surface area contributed by atoms with Crippen LogP contribution in [0.1, 0.15) is 37.5 Å². The fourth-order valence-corrected chi connectivity index (χ4v) is 3.11. The van der Waals surface area contributed by atoms with Crippen LogP contribution < -0.4 is 10.6 Å². The summed E-state index contributed by atoms with van der Waals surface area (Å²) in [6.07, 6.45) is 0.949. The van der Waals surface area contributed by atoms with Gasteiger partial charge < -0.3 is 15.4 Å². The van der Waals surface area contributed by atoms with Gasteiger partial charge in [0.2, 0.25) is 5.91 Å². The molecular weight excluding hydrogens is 380 g/mol. The van der Waals surface area contributed by atoms with Gasteiger partial charge in [-0.3, -0.25) is 9.59 Å². The highest BCUT2D eigenvalue weighted by Crippen LogP contribution is 2.21. The third kappa shape index (κ3) is 6.72. The number of para-hydroxylation sites is 1. The molecule has 0 saturated carbocycles. The van der Waals surface area contributed by atoms with Crippen LogP contribution in [0.2, 0.25) is 0 Å². The Morgan fingerprint density at radius 2 is 1.67 bits per heavy atom. The van der Waals surface area contributed by atoms with Crippen molar-refractivity contribution in [3.63, 3.8) is 0 Å². The summed E-state index contributed by atoms with van der Waals surface area (Å²) in [5.41, 5.74) is 3.57. The summed E-state index contributed by atoms with van der Waals surface area (Å²) in [5, 5.41) is 5.54. The van der Waals surface area contributed by atoms with Gasteiger partial charge in [0.15, 0.2) is 6.61 Å². The zero-order chi connectivity index (χ0) is 22.1. The molecule has 1 atom stereocenters. The van der Waals surface area contributed by atoms with Gasteiger partial charge in [0, 0.05) is 5.69 Å². The van der Waals surface area contributed by atoms with E-state index >= 15 is 0 Å². The molecule has 0 saturated heterocycles. The maximum atomic E-state index is 12.5. The molecule has 2 rings (SSSR count). The molecule has 6 nitrogen and oxygen atoms in total. The van der Waals surface area contributed by atoms with Crippen molar-refractivity contribution >= 4 is 23.5 Å².